The van der Waals surface area contributed by atoms with Crippen LogP contribution in [0.4, 0.5) is 0 Å². The summed E-state index contributed by atoms with van der Waals surface area (Å²) in [7, 11) is 0. The average Bonchev–Trinajstić information content (AvgIpc) is 3.44. The molecule has 1 aromatic rings. The predicted octanol–water partition coefficient (Wildman–Crippen LogP) is 2.02. The van der Waals surface area contributed by atoms with E-state index in [1.165, 1.54) is 18.3 Å². The summed E-state index contributed by atoms with van der Waals surface area (Å²) >= 11 is 1.41. The van der Waals surface area contributed by atoms with E-state index in [2.05, 4.69) is 0 Å². The molecule has 12 heteroatoms. The number of hydrogen-bond donors (Lipinski definition) is 4. The molecule has 3 aliphatic carbocycles. The van der Waals surface area contributed by atoms with Crippen molar-refractivity contribution >= 4 is 29.1 Å². The van der Waals surface area contributed by atoms with Crippen molar-refractivity contribution in [2.24, 2.45) is 16.7 Å². The number of aliphatic hydroxyl groups is 4. The van der Waals surface area contributed by atoms with Crippen molar-refractivity contribution in [2.45, 2.75) is 108 Å². The fraction of sp³-hybridized carbons (Fsp3) is 0.700. The number of esters is 2. The quantitative estimate of drug-likeness (QED) is 0.256. The minimum atomic E-state index is -1.94. The van der Waals surface area contributed by atoms with Crippen LogP contribution < -0.4 is 0 Å². The number of fused-ring (bicyclic) bond motifs is 5. The van der Waals surface area contributed by atoms with E-state index in [9.17, 15) is 34.8 Å². The van der Waals surface area contributed by atoms with Crippen LogP contribution in [0.25, 0.3) is 0 Å². The Morgan fingerprint density at radius 3 is 2.40 bits per heavy atom. The Hall–Kier alpha value is -0.708. The van der Waals surface area contributed by atoms with Gasteiger partial charge in [0.2, 0.25) is 0 Å². The van der Waals surface area contributed by atoms with Crippen LogP contribution in [-0.4, -0.2) is 86.5 Å². The minimum absolute atomic E-state index is 0. The minimum Gasteiger partial charge on any atom is -0.459 e. The molecule has 10 atom stereocenters. The first-order chi connectivity index (χ1) is 19.0. The maximum atomic E-state index is 14.2. The second kappa shape index (κ2) is 11.6. The molecular formula is C30H40AcO10S. The van der Waals surface area contributed by atoms with Gasteiger partial charge in [0.05, 0.1) is 24.2 Å². The maximum Gasteiger partial charge on any atom is 0.336 e. The molecule has 5 rings (SSSR count). The van der Waals surface area contributed by atoms with Crippen molar-refractivity contribution in [1.82, 2.24) is 0 Å². The zero-order valence-electron chi connectivity index (χ0n) is 24.8. The van der Waals surface area contributed by atoms with E-state index in [0.29, 0.717) is 11.1 Å². The van der Waals surface area contributed by atoms with Crippen molar-refractivity contribution in [3.8, 4) is 0 Å². The average molecular weight is 820 g/mol. The molecule has 229 valence electrons. The number of carbonyl (C=O) groups is 3. The van der Waals surface area contributed by atoms with Gasteiger partial charge in [0.25, 0.3) is 0 Å². The largest absolute Gasteiger partial charge is 0.459 e. The number of ether oxygens (including phenoxy) is 3. The van der Waals surface area contributed by atoms with Gasteiger partial charge in [-0.1, -0.05) is 32.4 Å². The molecular weight excluding hydrogens is 779 g/mol. The van der Waals surface area contributed by atoms with Gasteiger partial charge >= 0.3 is 11.9 Å². The Kier molecular flexibility index (Phi) is 9.42. The van der Waals surface area contributed by atoms with Crippen molar-refractivity contribution in [3.05, 3.63) is 33.5 Å². The molecule has 0 unspecified atom stereocenters. The van der Waals surface area contributed by atoms with E-state index >= 15 is 0 Å². The van der Waals surface area contributed by atoms with Crippen LogP contribution in [0.2, 0.25) is 0 Å². The molecule has 0 spiro atoms. The summed E-state index contributed by atoms with van der Waals surface area (Å²) in [4.78, 5) is 40.7. The van der Waals surface area contributed by atoms with Gasteiger partial charge in [-0.3, -0.25) is 9.59 Å². The summed E-state index contributed by atoms with van der Waals surface area (Å²) in [6.45, 7) is 9.49. The number of aliphatic hydroxyl groups excluding tert-OH is 2. The molecule has 2 saturated carbocycles. The second-order valence-electron chi connectivity index (χ2n) is 13.0. The summed E-state index contributed by atoms with van der Waals surface area (Å²) in [5.74, 6) is -3.74. The fourth-order valence-corrected chi connectivity index (χ4v) is 8.55. The summed E-state index contributed by atoms with van der Waals surface area (Å²) in [5.41, 5.74) is -5.28. The molecule has 42 heavy (non-hydrogen) atoms. The number of ketones is 1. The van der Waals surface area contributed by atoms with Gasteiger partial charge in [-0.15, -0.1) is 11.3 Å². The van der Waals surface area contributed by atoms with Gasteiger partial charge < -0.3 is 34.6 Å². The Labute approximate surface area is 285 Å². The monoisotopic (exact) mass is 819 g/mol. The number of Topliss-reactive ketones (excluding diaryl/α,β-unsaturated/α-hetero) is 1. The number of rotatable bonds is 5. The van der Waals surface area contributed by atoms with Gasteiger partial charge in [-0.05, 0) is 30.9 Å². The van der Waals surface area contributed by atoms with Crippen LogP contribution in [-0.2, 0) is 28.6 Å². The number of carbonyl (C=O) groups excluding carboxylic acids is 3. The van der Waals surface area contributed by atoms with Crippen LogP contribution in [0.5, 0.6) is 0 Å². The number of thiophene rings is 1. The van der Waals surface area contributed by atoms with Crippen molar-refractivity contribution in [1.29, 1.82) is 0 Å². The smallest absolute Gasteiger partial charge is 0.336 e. The van der Waals surface area contributed by atoms with Gasteiger partial charge in [-0.25, -0.2) is 4.79 Å². The van der Waals surface area contributed by atoms with E-state index < -0.39 is 76.3 Å². The second-order valence-corrected chi connectivity index (χ2v) is 14.0. The fourth-order valence-electron chi connectivity index (χ4n) is 7.74. The normalized spacial score (nSPS) is 40.1. The van der Waals surface area contributed by atoms with Gasteiger partial charge in [0, 0.05) is 92.4 Å². The van der Waals surface area contributed by atoms with E-state index in [1.54, 1.807) is 34.6 Å². The first-order valence-corrected chi connectivity index (χ1v) is 14.9. The molecule has 1 radical (unpaired) electrons. The van der Waals surface area contributed by atoms with Crippen molar-refractivity contribution in [3.63, 3.8) is 0 Å². The molecule has 1 aliphatic heterocycles. The van der Waals surface area contributed by atoms with Crippen LogP contribution in [0.3, 0.4) is 0 Å². The molecule has 0 aromatic carbocycles. The third-order valence-electron chi connectivity index (χ3n) is 10.6. The van der Waals surface area contributed by atoms with Crippen molar-refractivity contribution in [2.75, 3.05) is 6.61 Å². The zero-order chi connectivity index (χ0) is 30.3. The van der Waals surface area contributed by atoms with Crippen LogP contribution in [0, 0.1) is 60.8 Å². The Balaban J connectivity index is 0.00000405. The predicted molar refractivity (Wildman–Crippen MR) is 147 cm³/mol. The standard InChI is InChI=1S/C30H40O10S.Ac/c1-14-17-10-20(32)28(6)21(33)11-22-29(36,13-38-22)24(28)25(39-16(3)31)30(37,27(17,4)5)12-18(14)40-26(35)23(34)15(2)19-8-7-9-41-19;/h7-9,15,18,21-25,33-34,36-37H,10-13H2,1-6H3;/t15-,18-,21-,22+,23+,24-,25-,28+,29-,30+;/m0./s1. The van der Waals surface area contributed by atoms with E-state index in [1.807, 2.05) is 17.5 Å². The van der Waals surface area contributed by atoms with Gasteiger partial charge in [0.1, 0.15) is 29.2 Å². The summed E-state index contributed by atoms with van der Waals surface area (Å²) in [5, 5.41) is 48.6. The third kappa shape index (κ3) is 4.91. The maximum absolute atomic E-state index is 14.2. The molecule has 1 aromatic heterocycles. The third-order valence-corrected chi connectivity index (χ3v) is 11.7. The van der Waals surface area contributed by atoms with Gasteiger partial charge in [-0.2, -0.15) is 0 Å². The van der Waals surface area contributed by atoms with E-state index in [0.717, 1.165) is 4.88 Å². The van der Waals surface area contributed by atoms with Crippen LogP contribution in [0.1, 0.15) is 71.6 Å². The molecule has 2 bridgehead atoms. The first kappa shape index (κ1) is 34.2. The molecule has 0 amide bonds. The Morgan fingerprint density at radius 2 is 1.86 bits per heavy atom. The van der Waals surface area contributed by atoms with E-state index in [4.69, 9.17) is 14.2 Å². The van der Waals surface area contributed by atoms with Crippen LogP contribution >= 0.6 is 11.3 Å². The molecule has 3 fully saturated rings. The zero-order valence-corrected chi connectivity index (χ0v) is 30.4. The van der Waals surface area contributed by atoms with E-state index in [-0.39, 0.29) is 75.7 Å². The van der Waals surface area contributed by atoms with Gasteiger partial charge in [0.15, 0.2) is 6.10 Å². The number of hydrogen-bond acceptors (Lipinski definition) is 11. The van der Waals surface area contributed by atoms with Crippen LogP contribution in [0.15, 0.2) is 28.7 Å². The molecule has 1 saturated heterocycles. The summed E-state index contributed by atoms with van der Waals surface area (Å²) < 4.78 is 17.3. The molecule has 10 nitrogen and oxygen atoms in total. The summed E-state index contributed by atoms with van der Waals surface area (Å²) in [6, 6.07) is 3.64. The SMILES string of the molecule is CC(=O)O[C@H]1[C@@H]2[C@]3(O)CO[C@@H]3C[C@H](O)[C@@]2(C)C(=O)CC2=C(C)[C@@H](OC(=O)[C@H](O)[C@@H](C)c3cccs3)C[C@]1(O)C2(C)C.[Ac]. The van der Waals surface area contributed by atoms with Crippen molar-refractivity contribution < 1.29 is 93.1 Å². The topological polar surface area (TPSA) is 160 Å². The molecule has 4 N–H and O–H groups in total. The Bertz CT molecular complexity index is 1280. The first-order valence-electron chi connectivity index (χ1n) is 14.1. The molecule has 2 heterocycles. The summed E-state index contributed by atoms with van der Waals surface area (Å²) in [6.07, 6.45) is -6.41. The Morgan fingerprint density at radius 1 is 1.19 bits per heavy atom. The molecule has 4 aliphatic rings.